The third-order valence-electron chi connectivity index (χ3n) is 4.50. The van der Waals surface area contributed by atoms with Gasteiger partial charge in [0.1, 0.15) is 6.33 Å². The lowest BCUT2D eigenvalue weighted by Crippen LogP contribution is -2.32. The first-order chi connectivity index (χ1) is 11.8. The van der Waals surface area contributed by atoms with Crippen molar-refractivity contribution < 1.29 is 0 Å². The zero-order chi connectivity index (χ0) is 16.4. The van der Waals surface area contributed by atoms with Crippen LogP contribution in [-0.2, 0) is 0 Å². The normalized spacial score (nSPS) is 17.2. The van der Waals surface area contributed by atoms with Crippen molar-refractivity contribution in [3.8, 4) is 0 Å². The summed E-state index contributed by atoms with van der Waals surface area (Å²) in [6.45, 7) is 1.95. The van der Waals surface area contributed by atoms with Gasteiger partial charge in [-0.2, -0.15) is 0 Å². The average Bonchev–Trinajstić information content (AvgIpc) is 3.13. The molecule has 0 bridgehead atoms. The third kappa shape index (κ3) is 3.08. The van der Waals surface area contributed by atoms with E-state index in [2.05, 4.69) is 50.5 Å². The molecule has 2 aromatic carbocycles. The zero-order valence-corrected chi connectivity index (χ0v) is 14.0. The highest BCUT2D eigenvalue weighted by Gasteiger charge is 2.25. The molecule has 0 aliphatic carbocycles. The minimum Gasteiger partial charge on any atom is -0.348 e. The summed E-state index contributed by atoms with van der Waals surface area (Å²) in [5.74, 6) is 0.552. The van der Waals surface area contributed by atoms with Crippen LogP contribution < -0.4 is 5.32 Å². The van der Waals surface area contributed by atoms with E-state index in [0.717, 1.165) is 41.2 Å². The Labute approximate surface area is 146 Å². The van der Waals surface area contributed by atoms with Crippen molar-refractivity contribution in [3.05, 3.63) is 66.6 Å². The summed E-state index contributed by atoms with van der Waals surface area (Å²) in [6, 6.07) is 16.7. The highest BCUT2D eigenvalue weighted by atomic mass is 32.1. The number of hydrogen-bond donors (Lipinski definition) is 1. The lowest BCUT2D eigenvalue weighted by atomic mass is 9.99. The molecule has 4 rings (SSSR count). The van der Waals surface area contributed by atoms with Crippen LogP contribution in [0, 0.1) is 0 Å². The number of fused-ring (bicyclic) bond motifs is 1. The number of likely N-dealkylation sites (tertiary alicyclic amines) is 1. The predicted octanol–water partition coefficient (Wildman–Crippen LogP) is 3.82. The summed E-state index contributed by atoms with van der Waals surface area (Å²) in [6.07, 6.45) is 4.52. The van der Waals surface area contributed by atoms with E-state index in [1.165, 1.54) is 5.56 Å². The number of nitrogens with one attached hydrogen (secondary N) is 1. The van der Waals surface area contributed by atoms with Crippen molar-refractivity contribution in [1.82, 2.24) is 14.9 Å². The standard InChI is InChI=1S/C19H18N4S/c24-19(22-17-6-7-18-16(10-17)11-20-13-21-18)23-9-8-15(12-23)14-4-2-1-3-5-14/h1-7,10-11,13,15H,8-9,12H2,(H,22,24). The number of benzene rings is 2. The molecule has 1 aromatic heterocycles. The fraction of sp³-hybridized carbons (Fsp3) is 0.211. The van der Waals surface area contributed by atoms with E-state index in [0.29, 0.717) is 5.92 Å². The van der Waals surface area contributed by atoms with Gasteiger partial charge >= 0.3 is 0 Å². The maximum atomic E-state index is 5.60. The number of thiocarbonyl (C=S) groups is 1. The van der Waals surface area contributed by atoms with Gasteiger partial charge in [-0.15, -0.1) is 0 Å². The van der Waals surface area contributed by atoms with Gasteiger partial charge < -0.3 is 10.2 Å². The Morgan fingerprint density at radius 2 is 2.04 bits per heavy atom. The van der Waals surface area contributed by atoms with Gasteiger partial charge in [-0.1, -0.05) is 30.3 Å². The molecular formula is C19H18N4S. The van der Waals surface area contributed by atoms with E-state index >= 15 is 0 Å². The Bertz CT molecular complexity index is 865. The Kier molecular flexibility index (Phi) is 4.09. The first-order valence-electron chi connectivity index (χ1n) is 8.10. The quantitative estimate of drug-likeness (QED) is 0.722. The molecular weight excluding hydrogens is 316 g/mol. The van der Waals surface area contributed by atoms with Gasteiger partial charge in [0.2, 0.25) is 0 Å². The van der Waals surface area contributed by atoms with Crippen LogP contribution in [0.5, 0.6) is 0 Å². The van der Waals surface area contributed by atoms with Crippen LogP contribution in [0.15, 0.2) is 61.1 Å². The van der Waals surface area contributed by atoms with Gasteiger partial charge in [-0.25, -0.2) is 9.97 Å². The molecule has 4 nitrogen and oxygen atoms in total. The van der Waals surface area contributed by atoms with Crippen LogP contribution in [-0.4, -0.2) is 33.1 Å². The summed E-state index contributed by atoms with van der Waals surface area (Å²) in [5.41, 5.74) is 3.31. The average molecular weight is 334 g/mol. The molecule has 1 aliphatic heterocycles. The number of rotatable bonds is 2. The van der Waals surface area contributed by atoms with Crippen LogP contribution >= 0.6 is 12.2 Å². The van der Waals surface area contributed by atoms with Gasteiger partial charge in [-0.3, -0.25) is 0 Å². The van der Waals surface area contributed by atoms with E-state index in [4.69, 9.17) is 12.2 Å². The highest BCUT2D eigenvalue weighted by Crippen LogP contribution is 2.27. The molecule has 1 N–H and O–H groups in total. The second-order valence-electron chi connectivity index (χ2n) is 6.07. The zero-order valence-electron chi connectivity index (χ0n) is 13.2. The highest BCUT2D eigenvalue weighted by molar-refractivity contribution is 7.80. The topological polar surface area (TPSA) is 41.1 Å². The fourth-order valence-electron chi connectivity index (χ4n) is 3.21. The number of hydrogen-bond acceptors (Lipinski definition) is 3. The molecule has 0 saturated carbocycles. The first kappa shape index (κ1) is 15.0. The van der Waals surface area contributed by atoms with Crippen LogP contribution in [0.4, 0.5) is 5.69 Å². The van der Waals surface area contributed by atoms with Crippen molar-refractivity contribution in [2.75, 3.05) is 18.4 Å². The van der Waals surface area contributed by atoms with Crippen molar-refractivity contribution in [3.63, 3.8) is 0 Å². The molecule has 0 spiro atoms. The van der Waals surface area contributed by atoms with Crippen LogP contribution in [0.1, 0.15) is 17.9 Å². The van der Waals surface area contributed by atoms with E-state index in [-0.39, 0.29) is 0 Å². The van der Waals surface area contributed by atoms with E-state index in [9.17, 15) is 0 Å². The van der Waals surface area contributed by atoms with E-state index in [1.807, 2.05) is 24.4 Å². The monoisotopic (exact) mass is 334 g/mol. The summed E-state index contributed by atoms with van der Waals surface area (Å²) in [5, 5.41) is 5.14. The summed E-state index contributed by atoms with van der Waals surface area (Å²) >= 11 is 5.60. The lowest BCUT2D eigenvalue weighted by molar-refractivity contribution is 0.518. The Morgan fingerprint density at radius 3 is 2.92 bits per heavy atom. The second kappa shape index (κ2) is 6.53. The summed E-state index contributed by atoms with van der Waals surface area (Å²) in [4.78, 5) is 10.6. The molecule has 120 valence electrons. The summed E-state index contributed by atoms with van der Waals surface area (Å²) < 4.78 is 0. The first-order valence-corrected chi connectivity index (χ1v) is 8.51. The van der Waals surface area contributed by atoms with E-state index < -0.39 is 0 Å². The van der Waals surface area contributed by atoms with Gasteiger partial charge in [0.05, 0.1) is 5.52 Å². The van der Waals surface area contributed by atoms with E-state index in [1.54, 1.807) is 6.33 Å². The Hall–Kier alpha value is -2.53. The molecule has 1 atom stereocenters. The van der Waals surface area contributed by atoms with Crippen molar-refractivity contribution in [1.29, 1.82) is 0 Å². The minimum absolute atomic E-state index is 0.552. The molecule has 1 fully saturated rings. The van der Waals surface area contributed by atoms with Crippen LogP contribution in [0.3, 0.4) is 0 Å². The maximum absolute atomic E-state index is 5.60. The molecule has 1 saturated heterocycles. The van der Waals surface area contributed by atoms with Gasteiger partial charge in [0, 0.05) is 36.3 Å². The molecule has 0 radical (unpaired) electrons. The molecule has 24 heavy (non-hydrogen) atoms. The molecule has 1 aliphatic rings. The summed E-state index contributed by atoms with van der Waals surface area (Å²) in [7, 11) is 0. The van der Waals surface area contributed by atoms with Crippen molar-refractivity contribution in [2.24, 2.45) is 0 Å². The predicted molar refractivity (Wildman–Crippen MR) is 101 cm³/mol. The molecule has 2 heterocycles. The SMILES string of the molecule is S=C(Nc1ccc2ncncc2c1)N1CCC(c2ccccc2)C1. The molecule has 3 aromatic rings. The Morgan fingerprint density at radius 1 is 1.17 bits per heavy atom. The third-order valence-corrected chi connectivity index (χ3v) is 4.86. The molecule has 5 heteroatoms. The van der Waals surface area contributed by atoms with Gasteiger partial charge in [0.15, 0.2) is 5.11 Å². The molecule has 0 amide bonds. The lowest BCUT2D eigenvalue weighted by Gasteiger charge is -2.21. The van der Waals surface area contributed by atoms with Gasteiger partial charge in [0.25, 0.3) is 0 Å². The second-order valence-corrected chi connectivity index (χ2v) is 6.46. The van der Waals surface area contributed by atoms with Crippen LogP contribution in [0.25, 0.3) is 10.9 Å². The molecule has 1 unspecified atom stereocenters. The Balaban J connectivity index is 1.44. The number of aromatic nitrogens is 2. The van der Waals surface area contributed by atoms with Crippen LogP contribution in [0.2, 0.25) is 0 Å². The smallest absolute Gasteiger partial charge is 0.173 e. The van der Waals surface area contributed by atoms with Gasteiger partial charge in [-0.05, 0) is 42.4 Å². The van der Waals surface area contributed by atoms with Crippen molar-refractivity contribution >= 4 is 33.9 Å². The number of anilines is 1. The minimum atomic E-state index is 0.552. The largest absolute Gasteiger partial charge is 0.348 e. The number of nitrogens with zero attached hydrogens (tertiary/aromatic N) is 3. The van der Waals surface area contributed by atoms with Crippen molar-refractivity contribution in [2.45, 2.75) is 12.3 Å². The fourth-order valence-corrected chi connectivity index (χ4v) is 3.49. The maximum Gasteiger partial charge on any atom is 0.173 e.